The standard InChI is InChI=1S/C18H38N4O11/c19-2-9(8(26)3-23)30-11(5-25)32-16-6(20)1-7(21)17(15(16)29)33-18-14(28)12(22)13(27)10(4-24)31-18/h6-18,23-29H,1-5,19-22H2/t6?,7?,8-,9?,10+,11+,12?,13?,14+,15-,16?,17?,18?/m0/s1. The molecule has 0 amide bonds. The Kier molecular flexibility index (Phi) is 11.2. The van der Waals surface area contributed by atoms with Crippen LogP contribution in [0.25, 0.3) is 0 Å². The van der Waals surface area contributed by atoms with Crippen LogP contribution in [0.3, 0.4) is 0 Å². The highest BCUT2D eigenvalue weighted by atomic mass is 16.7. The van der Waals surface area contributed by atoms with Gasteiger partial charge in [-0.25, -0.2) is 0 Å². The predicted molar refractivity (Wildman–Crippen MR) is 110 cm³/mol. The zero-order valence-corrected chi connectivity index (χ0v) is 18.1. The summed E-state index contributed by atoms with van der Waals surface area (Å²) in [4.78, 5) is 0. The van der Waals surface area contributed by atoms with Crippen LogP contribution in [0.1, 0.15) is 6.42 Å². The molecule has 15 N–H and O–H groups in total. The molecule has 2 aliphatic rings. The summed E-state index contributed by atoms with van der Waals surface area (Å²) in [6.07, 6.45) is -12.8. The first kappa shape index (κ1) is 28.6. The minimum atomic E-state index is -1.49. The van der Waals surface area contributed by atoms with Gasteiger partial charge < -0.3 is 77.6 Å². The third kappa shape index (κ3) is 6.75. The highest BCUT2D eigenvalue weighted by molar-refractivity contribution is 5.00. The number of aliphatic hydroxyl groups excluding tert-OH is 7. The predicted octanol–water partition coefficient (Wildman–Crippen LogP) is -7.04. The highest BCUT2D eigenvalue weighted by Crippen LogP contribution is 2.29. The third-order valence-corrected chi connectivity index (χ3v) is 5.92. The molecule has 8 unspecified atom stereocenters. The molecular formula is C18H38N4O11. The molecule has 33 heavy (non-hydrogen) atoms. The summed E-state index contributed by atoms with van der Waals surface area (Å²) in [5, 5.41) is 69.0. The van der Waals surface area contributed by atoms with Crippen molar-refractivity contribution in [1.82, 2.24) is 0 Å². The van der Waals surface area contributed by atoms with E-state index in [0.29, 0.717) is 0 Å². The number of rotatable bonds is 11. The lowest BCUT2D eigenvalue weighted by Gasteiger charge is -2.46. The van der Waals surface area contributed by atoms with E-state index in [-0.39, 0.29) is 13.0 Å². The van der Waals surface area contributed by atoms with Gasteiger partial charge in [0.1, 0.15) is 48.8 Å². The number of aliphatic hydroxyl groups is 7. The normalized spacial score (nSPS) is 42.6. The fraction of sp³-hybridized carbons (Fsp3) is 1.00. The molecule has 0 radical (unpaired) electrons. The van der Waals surface area contributed by atoms with Gasteiger partial charge in [-0.1, -0.05) is 0 Å². The maximum atomic E-state index is 10.9. The van der Waals surface area contributed by atoms with E-state index in [1.165, 1.54) is 0 Å². The summed E-state index contributed by atoms with van der Waals surface area (Å²) >= 11 is 0. The van der Waals surface area contributed by atoms with E-state index in [0.717, 1.165) is 0 Å². The Morgan fingerprint density at radius 1 is 0.909 bits per heavy atom. The lowest BCUT2D eigenvalue weighted by atomic mass is 9.84. The van der Waals surface area contributed by atoms with Gasteiger partial charge in [-0.05, 0) is 6.42 Å². The Morgan fingerprint density at radius 2 is 1.55 bits per heavy atom. The molecule has 0 aromatic heterocycles. The molecule has 1 aliphatic heterocycles. The number of nitrogens with two attached hydrogens (primary N) is 4. The van der Waals surface area contributed by atoms with E-state index in [4.69, 9.17) is 47.0 Å². The van der Waals surface area contributed by atoms with Gasteiger partial charge in [-0.15, -0.1) is 0 Å². The smallest absolute Gasteiger partial charge is 0.186 e. The van der Waals surface area contributed by atoms with Crippen molar-refractivity contribution in [2.24, 2.45) is 22.9 Å². The maximum absolute atomic E-state index is 10.9. The fourth-order valence-electron chi connectivity index (χ4n) is 3.93. The van der Waals surface area contributed by atoms with Crippen LogP contribution in [-0.2, 0) is 18.9 Å². The van der Waals surface area contributed by atoms with Gasteiger partial charge in [-0.3, -0.25) is 0 Å². The van der Waals surface area contributed by atoms with Crippen LogP contribution in [0.2, 0.25) is 0 Å². The number of ether oxygens (including phenoxy) is 4. The number of hydrogen-bond donors (Lipinski definition) is 11. The fourth-order valence-corrected chi connectivity index (χ4v) is 3.93. The van der Waals surface area contributed by atoms with Gasteiger partial charge >= 0.3 is 0 Å². The first-order valence-corrected chi connectivity index (χ1v) is 10.7. The number of hydrogen-bond acceptors (Lipinski definition) is 15. The quantitative estimate of drug-likeness (QED) is 0.121. The van der Waals surface area contributed by atoms with Gasteiger partial charge in [-0.2, -0.15) is 0 Å². The van der Waals surface area contributed by atoms with E-state index in [1.807, 2.05) is 0 Å². The van der Waals surface area contributed by atoms with Crippen molar-refractivity contribution in [3.8, 4) is 0 Å². The van der Waals surface area contributed by atoms with E-state index < -0.39 is 99.4 Å². The molecule has 0 aromatic carbocycles. The van der Waals surface area contributed by atoms with Crippen LogP contribution in [0.4, 0.5) is 0 Å². The van der Waals surface area contributed by atoms with Gasteiger partial charge in [0.15, 0.2) is 12.6 Å². The van der Waals surface area contributed by atoms with Gasteiger partial charge in [0, 0.05) is 18.6 Å². The molecule has 1 saturated heterocycles. The van der Waals surface area contributed by atoms with Crippen LogP contribution in [0.15, 0.2) is 0 Å². The summed E-state index contributed by atoms with van der Waals surface area (Å²) in [5.74, 6) is 0. The molecule has 2 fully saturated rings. The summed E-state index contributed by atoms with van der Waals surface area (Å²) in [5.41, 5.74) is 23.5. The first-order valence-electron chi connectivity index (χ1n) is 10.7. The van der Waals surface area contributed by atoms with Gasteiger partial charge in [0.05, 0.1) is 25.9 Å². The van der Waals surface area contributed by atoms with Crippen LogP contribution < -0.4 is 22.9 Å². The third-order valence-electron chi connectivity index (χ3n) is 5.92. The van der Waals surface area contributed by atoms with Crippen LogP contribution >= 0.6 is 0 Å². The van der Waals surface area contributed by atoms with Crippen molar-refractivity contribution in [2.45, 2.75) is 86.0 Å². The molecule has 15 heteroatoms. The highest BCUT2D eigenvalue weighted by Gasteiger charge is 2.49. The van der Waals surface area contributed by atoms with Gasteiger partial charge in [0.25, 0.3) is 0 Å². The Balaban J connectivity index is 2.11. The molecule has 1 aliphatic carbocycles. The summed E-state index contributed by atoms with van der Waals surface area (Å²) in [6.45, 7) is -2.09. The van der Waals surface area contributed by atoms with Crippen LogP contribution in [0.5, 0.6) is 0 Å². The Bertz CT molecular complexity index is 580. The average Bonchev–Trinajstić information content (AvgIpc) is 2.80. The van der Waals surface area contributed by atoms with E-state index >= 15 is 0 Å². The summed E-state index contributed by atoms with van der Waals surface area (Å²) < 4.78 is 22.1. The van der Waals surface area contributed by atoms with Crippen molar-refractivity contribution in [2.75, 3.05) is 26.4 Å². The molecule has 2 rings (SSSR count). The van der Waals surface area contributed by atoms with Crippen molar-refractivity contribution in [3.05, 3.63) is 0 Å². The zero-order chi connectivity index (χ0) is 24.9. The molecule has 0 bridgehead atoms. The average molecular weight is 487 g/mol. The minimum absolute atomic E-state index is 0.102. The van der Waals surface area contributed by atoms with Gasteiger partial charge in [0.2, 0.25) is 0 Å². The Morgan fingerprint density at radius 3 is 2.09 bits per heavy atom. The summed E-state index contributed by atoms with van der Waals surface area (Å²) in [7, 11) is 0. The molecule has 1 heterocycles. The van der Waals surface area contributed by atoms with Crippen LogP contribution in [0, 0.1) is 0 Å². The lowest BCUT2D eigenvalue weighted by molar-refractivity contribution is -0.312. The molecule has 13 atom stereocenters. The second kappa shape index (κ2) is 12.9. The van der Waals surface area contributed by atoms with Crippen molar-refractivity contribution in [3.63, 3.8) is 0 Å². The lowest BCUT2D eigenvalue weighted by Crippen LogP contribution is -2.67. The van der Waals surface area contributed by atoms with E-state index in [1.54, 1.807) is 0 Å². The van der Waals surface area contributed by atoms with E-state index in [9.17, 15) is 30.6 Å². The minimum Gasteiger partial charge on any atom is -0.394 e. The van der Waals surface area contributed by atoms with Crippen molar-refractivity contribution >= 4 is 0 Å². The van der Waals surface area contributed by atoms with E-state index in [2.05, 4.69) is 0 Å². The maximum Gasteiger partial charge on any atom is 0.186 e. The molecule has 1 saturated carbocycles. The van der Waals surface area contributed by atoms with Crippen molar-refractivity contribution < 1.29 is 54.7 Å². The first-order chi connectivity index (χ1) is 15.6. The molecule has 0 spiro atoms. The zero-order valence-electron chi connectivity index (χ0n) is 18.1. The van der Waals surface area contributed by atoms with Crippen LogP contribution in [-0.4, -0.2) is 142 Å². The molecule has 196 valence electrons. The monoisotopic (exact) mass is 486 g/mol. The SMILES string of the molecule is NCC(O[C@@H](CO)OC1C(N)CC(N)C(OC2O[C@H](CO)C(O)C(N)[C@H]2O)[C@H]1O)[C@@H](O)CO. The van der Waals surface area contributed by atoms with Crippen molar-refractivity contribution in [1.29, 1.82) is 0 Å². The molecule has 0 aromatic rings. The second-order valence-corrected chi connectivity index (χ2v) is 8.31. The second-order valence-electron chi connectivity index (χ2n) is 8.31. The Hall–Kier alpha value is -0.600. The summed E-state index contributed by atoms with van der Waals surface area (Å²) in [6, 6.07) is -2.81. The topological polar surface area (TPSA) is 283 Å². The molecule has 15 nitrogen and oxygen atoms in total. The largest absolute Gasteiger partial charge is 0.394 e. The Labute approximate surface area is 190 Å². The molecular weight excluding hydrogens is 448 g/mol.